The van der Waals surface area contributed by atoms with Crippen molar-refractivity contribution in [3.05, 3.63) is 0 Å². The van der Waals surface area contributed by atoms with Gasteiger partial charge in [0.1, 0.15) is 0 Å². The Hall–Kier alpha value is -0.750. The van der Waals surface area contributed by atoms with Crippen LogP contribution in [-0.2, 0) is 0 Å². The molecule has 0 unspecified atom stereocenters. The minimum Gasteiger partial charge on any atom is -0.443 e. The highest BCUT2D eigenvalue weighted by Gasteiger charge is 1.91. The Bertz CT molecular complexity index is 51.5. The van der Waals surface area contributed by atoms with E-state index in [1.807, 2.05) is 0 Å². The largest absolute Gasteiger partial charge is 0.443 e. The molecule has 0 amide bonds. The van der Waals surface area contributed by atoms with Gasteiger partial charge < -0.3 is 10.4 Å². The summed E-state index contributed by atoms with van der Waals surface area (Å²) in [6, 6.07) is 0. The van der Waals surface area contributed by atoms with Gasteiger partial charge in [-0.2, -0.15) is 5.26 Å². The van der Waals surface area contributed by atoms with Crippen molar-refractivity contribution in [1.29, 1.82) is 5.26 Å². The third kappa shape index (κ3) is 263. The molecule has 34 valence electrons. The first kappa shape index (κ1) is 5.25. The quantitative estimate of drug-likeness (QED) is 0.306. The van der Waals surface area contributed by atoms with E-state index < -0.39 is 0 Å². The van der Waals surface area contributed by atoms with Crippen LogP contribution in [0.15, 0.2) is 0 Å². The fraction of sp³-hybridized carbons (Fsp3) is 0.667. The molecule has 0 saturated carbocycles. The highest BCUT2D eigenvalue weighted by atomic mass is 16.2. The molecule has 3 heteroatoms. The minimum absolute atomic E-state index is 0.750. The van der Waals surface area contributed by atoms with Gasteiger partial charge in [0.05, 0.1) is 0 Å². The topological polar surface area (TPSA) is 66.0 Å². The van der Waals surface area contributed by atoms with Crippen LogP contribution in [0.2, 0.25) is 0 Å². The predicted molar refractivity (Wildman–Crippen MR) is 20.4 cm³/mol. The summed E-state index contributed by atoms with van der Waals surface area (Å²) in [4.78, 5) is 0. The van der Waals surface area contributed by atoms with E-state index in [0.717, 1.165) is 6.26 Å². The lowest BCUT2D eigenvalue weighted by Gasteiger charge is -1.25. The van der Waals surface area contributed by atoms with Crippen molar-refractivity contribution < 1.29 is 5.11 Å². The highest BCUT2D eigenvalue weighted by molar-refractivity contribution is 4.58. The number of hydrogen-bond acceptors (Lipinski definition) is 3. The van der Waals surface area contributed by atoms with Gasteiger partial charge in [0, 0.05) is 13.1 Å². The van der Waals surface area contributed by atoms with E-state index in [2.05, 4.69) is 5.32 Å². The number of aliphatic hydroxyl groups excluding tert-OH is 1. The van der Waals surface area contributed by atoms with Gasteiger partial charge in [0.25, 0.3) is 6.26 Å². The molecule has 1 aliphatic heterocycles. The van der Waals surface area contributed by atoms with Gasteiger partial charge in [-0.15, -0.1) is 0 Å². The van der Waals surface area contributed by atoms with Crippen LogP contribution in [0.1, 0.15) is 0 Å². The first-order valence-electron chi connectivity index (χ1n) is 1.65. The van der Waals surface area contributed by atoms with E-state index in [4.69, 9.17) is 10.4 Å². The van der Waals surface area contributed by atoms with Gasteiger partial charge in [0.2, 0.25) is 0 Å². The number of aliphatic hydroxyl groups is 1. The second-order valence-electron chi connectivity index (χ2n) is 0.850. The number of rotatable bonds is 0. The molecule has 1 aliphatic rings. The molecule has 6 heavy (non-hydrogen) atoms. The lowest BCUT2D eigenvalue weighted by atomic mass is 11.0. The average molecular weight is 86.1 g/mol. The first-order chi connectivity index (χ1) is 2.91. The molecule has 0 aliphatic carbocycles. The number of nitrogens with zero attached hydrogens (tertiary/aromatic N) is 1. The van der Waals surface area contributed by atoms with Crippen LogP contribution >= 0.6 is 0 Å². The molecule has 0 aromatic rings. The molecule has 1 fully saturated rings. The molecule has 1 saturated heterocycles. The molecule has 1 heterocycles. The zero-order valence-electron chi connectivity index (χ0n) is 3.31. The molecular weight excluding hydrogens is 80.0 g/mol. The fourth-order valence-electron chi connectivity index (χ4n) is 0. The van der Waals surface area contributed by atoms with Crippen molar-refractivity contribution in [2.75, 3.05) is 13.1 Å². The Kier molecular flexibility index (Phi) is 3.72. The van der Waals surface area contributed by atoms with Crippen LogP contribution < -0.4 is 5.32 Å². The summed E-state index contributed by atoms with van der Waals surface area (Å²) < 4.78 is 0. The van der Waals surface area contributed by atoms with Crippen molar-refractivity contribution in [3.8, 4) is 6.26 Å². The number of nitrogens with one attached hydrogen (secondary N) is 1. The van der Waals surface area contributed by atoms with E-state index in [1.165, 1.54) is 13.1 Å². The normalized spacial score (nSPS) is 13.2. The predicted octanol–water partition coefficient (Wildman–Crippen LogP) is -0.570. The summed E-state index contributed by atoms with van der Waals surface area (Å²) in [7, 11) is 0. The Morgan fingerprint density at radius 2 is 1.83 bits per heavy atom. The van der Waals surface area contributed by atoms with Crippen LogP contribution in [0.4, 0.5) is 0 Å². The van der Waals surface area contributed by atoms with E-state index in [0.29, 0.717) is 0 Å². The Morgan fingerprint density at radius 3 is 1.83 bits per heavy atom. The Labute approximate surface area is 36.2 Å². The average Bonchev–Trinajstić information content (AvgIpc) is 2.11. The maximum Gasteiger partial charge on any atom is 0.283 e. The zero-order valence-corrected chi connectivity index (χ0v) is 3.31. The van der Waals surface area contributed by atoms with Crippen molar-refractivity contribution in [1.82, 2.24) is 5.32 Å². The van der Waals surface area contributed by atoms with E-state index in [9.17, 15) is 0 Å². The third-order valence-electron chi connectivity index (χ3n) is 0.250. The standard InChI is InChI=1S/C2H5N.CHNO/c1-2-3-1;2-1-3/h3H,1-2H2;3H. The second-order valence-corrected chi connectivity index (χ2v) is 0.850. The molecule has 0 aromatic heterocycles. The fourth-order valence-corrected chi connectivity index (χ4v) is 0. The van der Waals surface area contributed by atoms with Gasteiger partial charge in [-0.25, -0.2) is 0 Å². The van der Waals surface area contributed by atoms with Crippen LogP contribution in [0.3, 0.4) is 0 Å². The molecule has 1 rings (SSSR count). The third-order valence-corrected chi connectivity index (χ3v) is 0.250. The summed E-state index contributed by atoms with van der Waals surface area (Å²) >= 11 is 0. The number of nitriles is 1. The van der Waals surface area contributed by atoms with E-state index >= 15 is 0 Å². The van der Waals surface area contributed by atoms with Gasteiger partial charge >= 0.3 is 0 Å². The van der Waals surface area contributed by atoms with Crippen molar-refractivity contribution in [2.45, 2.75) is 0 Å². The molecule has 0 radical (unpaired) electrons. The SMILES string of the molecule is C1CN1.N#CO. The summed E-state index contributed by atoms with van der Waals surface area (Å²) in [5.41, 5.74) is 0. The maximum absolute atomic E-state index is 6.88. The summed E-state index contributed by atoms with van der Waals surface area (Å²) in [6.07, 6.45) is 0.750. The summed E-state index contributed by atoms with van der Waals surface area (Å²) in [5, 5.41) is 16.8. The van der Waals surface area contributed by atoms with Crippen molar-refractivity contribution >= 4 is 0 Å². The van der Waals surface area contributed by atoms with Gasteiger partial charge in [-0.3, -0.25) is 0 Å². The van der Waals surface area contributed by atoms with Gasteiger partial charge in [-0.1, -0.05) is 0 Å². The van der Waals surface area contributed by atoms with Crippen molar-refractivity contribution in [3.63, 3.8) is 0 Å². The van der Waals surface area contributed by atoms with E-state index in [1.54, 1.807) is 0 Å². The molecular formula is C3H6N2O. The highest BCUT2D eigenvalue weighted by Crippen LogP contribution is 1.65. The summed E-state index contributed by atoms with van der Waals surface area (Å²) in [6.45, 7) is 2.50. The van der Waals surface area contributed by atoms with Crippen LogP contribution in [0.5, 0.6) is 0 Å². The van der Waals surface area contributed by atoms with Gasteiger partial charge in [-0.05, 0) is 0 Å². The second kappa shape index (κ2) is 4.25. The molecule has 0 bridgehead atoms. The minimum atomic E-state index is 0.750. The van der Waals surface area contributed by atoms with Crippen LogP contribution in [0, 0.1) is 11.5 Å². The van der Waals surface area contributed by atoms with Crippen LogP contribution in [-0.4, -0.2) is 18.2 Å². The molecule has 2 N–H and O–H groups in total. The molecule has 3 nitrogen and oxygen atoms in total. The van der Waals surface area contributed by atoms with Crippen molar-refractivity contribution in [2.24, 2.45) is 0 Å². The summed E-state index contributed by atoms with van der Waals surface area (Å²) in [5.74, 6) is 0. The zero-order chi connectivity index (χ0) is 4.83. The monoisotopic (exact) mass is 86.0 g/mol. The van der Waals surface area contributed by atoms with Crippen LogP contribution in [0.25, 0.3) is 0 Å². The Balaban J connectivity index is 0.0000000833. The Morgan fingerprint density at radius 1 is 1.67 bits per heavy atom. The lowest BCUT2D eigenvalue weighted by molar-refractivity contribution is 0.503. The van der Waals surface area contributed by atoms with Gasteiger partial charge in [0.15, 0.2) is 0 Å². The van der Waals surface area contributed by atoms with E-state index in [-0.39, 0.29) is 0 Å². The molecule has 0 atom stereocenters. The number of hydrogen-bond donors (Lipinski definition) is 2. The lowest BCUT2D eigenvalue weighted by Crippen LogP contribution is -1.56. The maximum atomic E-state index is 6.88. The molecule has 0 aromatic carbocycles. The first-order valence-corrected chi connectivity index (χ1v) is 1.65. The molecule has 0 spiro atoms. The smallest absolute Gasteiger partial charge is 0.283 e.